The minimum absolute atomic E-state index is 0.136. The Morgan fingerprint density at radius 2 is 2.10 bits per heavy atom. The lowest BCUT2D eigenvalue weighted by molar-refractivity contribution is -0.117. The van der Waals surface area contributed by atoms with E-state index in [1.165, 1.54) is 0 Å². The number of rotatable bonds is 7. The Labute approximate surface area is 124 Å². The third-order valence-corrected chi connectivity index (χ3v) is 3.01. The highest BCUT2D eigenvalue weighted by Crippen LogP contribution is 2.16. The zero-order valence-electron chi connectivity index (χ0n) is 12.4. The molecule has 2 rings (SSSR count). The average Bonchev–Trinajstić information content (AvgIpc) is 2.86. The first kappa shape index (κ1) is 15.0. The zero-order chi connectivity index (χ0) is 15.1. The topological polar surface area (TPSA) is 69.0 Å². The van der Waals surface area contributed by atoms with Crippen molar-refractivity contribution in [3.8, 4) is 5.75 Å². The number of aryl methyl sites for hydroxylation is 1. The van der Waals surface area contributed by atoms with Crippen LogP contribution in [0.1, 0.15) is 25.5 Å². The highest BCUT2D eigenvalue weighted by molar-refractivity contribution is 5.90. The van der Waals surface area contributed by atoms with E-state index in [9.17, 15) is 4.79 Å². The molecule has 0 fully saturated rings. The first-order valence-electron chi connectivity index (χ1n) is 7.07. The van der Waals surface area contributed by atoms with E-state index in [1.54, 1.807) is 10.9 Å². The van der Waals surface area contributed by atoms with Crippen LogP contribution in [0.15, 0.2) is 30.5 Å². The summed E-state index contributed by atoms with van der Waals surface area (Å²) < 4.78 is 7.13. The summed E-state index contributed by atoms with van der Waals surface area (Å²) in [5.41, 5.74) is 1.59. The van der Waals surface area contributed by atoms with Gasteiger partial charge < -0.3 is 10.1 Å². The van der Waals surface area contributed by atoms with Crippen LogP contribution >= 0.6 is 0 Å². The van der Waals surface area contributed by atoms with Gasteiger partial charge in [0.05, 0.1) is 18.5 Å². The van der Waals surface area contributed by atoms with Gasteiger partial charge in [0.25, 0.3) is 0 Å². The summed E-state index contributed by atoms with van der Waals surface area (Å²) in [6.45, 7) is 4.85. The lowest BCUT2D eigenvalue weighted by Gasteiger charge is -2.08. The Hall–Kier alpha value is -2.37. The summed E-state index contributed by atoms with van der Waals surface area (Å²) in [7, 11) is 0. The van der Waals surface area contributed by atoms with Gasteiger partial charge in [-0.2, -0.15) is 0 Å². The molecule has 1 aromatic heterocycles. The predicted octanol–water partition coefficient (Wildman–Crippen LogP) is 2.40. The number of anilines is 1. The summed E-state index contributed by atoms with van der Waals surface area (Å²) >= 11 is 0. The van der Waals surface area contributed by atoms with E-state index in [2.05, 4.69) is 22.6 Å². The smallest absolute Gasteiger partial charge is 0.246 e. The van der Waals surface area contributed by atoms with Gasteiger partial charge in [-0.05, 0) is 37.6 Å². The molecule has 1 amide bonds. The van der Waals surface area contributed by atoms with Crippen LogP contribution in [0.25, 0.3) is 0 Å². The number of unbranched alkanes of at least 4 members (excludes halogenated alkanes) is 1. The Morgan fingerprint density at radius 3 is 2.71 bits per heavy atom. The SMILES string of the molecule is CCCCOc1ccc(NC(=O)Cn2nncc2C)cc1. The van der Waals surface area contributed by atoms with E-state index < -0.39 is 0 Å². The van der Waals surface area contributed by atoms with Gasteiger partial charge in [0.1, 0.15) is 12.3 Å². The lowest BCUT2D eigenvalue weighted by Crippen LogP contribution is -2.20. The van der Waals surface area contributed by atoms with Crippen LogP contribution < -0.4 is 10.1 Å². The zero-order valence-corrected chi connectivity index (χ0v) is 12.4. The molecule has 0 unspecified atom stereocenters. The van der Waals surface area contributed by atoms with Crippen LogP contribution in [0.2, 0.25) is 0 Å². The molecule has 6 heteroatoms. The second-order valence-electron chi connectivity index (χ2n) is 4.81. The molecule has 0 bridgehead atoms. The fourth-order valence-electron chi connectivity index (χ4n) is 1.77. The fraction of sp³-hybridized carbons (Fsp3) is 0.400. The minimum atomic E-state index is -0.136. The van der Waals surface area contributed by atoms with Crippen LogP contribution in [0, 0.1) is 6.92 Å². The Balaban J connectivity index is 1.85. The maximum Gasteiger partial charge on any atom is 0.246 e. The lowest BCUT2D eigenvalue weighted by atomic mass is 10.3. The molecule has 0 aliphatic rings. The Kier molecular flexibility index (Phi) is 5.31. The number of nitrogens with zero attached hydrogens (tertiary/aromatic N) is 3. The number of amides is 1. The van der Waals surface area contributed by atoms with Crippen molar-refractivity contribution in [2.75, 3.05) is 11.9 Å². The molecule has 0 atom stereocenters. The van der Waals surface area contributed by atoms with Crippen molar-refractivity contribution in [1.29, 1.82) is 0 Å². The van der Waals surface area contributed by atoms with E-state index in [0.29, 0.717) is 6.61 Å². The van der Waals surface area contributed by atoms with E-state index in [-0.39, 0.29) is 12.5 Å². The van der Waals surface area contributed by atoms with E-state index in [1.807, 2.05) is 31.2 Å². The minimum Gasteiger partial charge on any atom is -0.494 e. The number of ether oxygens (including phenoxy) is 1. The third kappa shape index (κ3) is 4.59. The Morgan fingerprint density at radius 1 is 1.33 bits per heavy atom. The van der Waals surface area contributed by atoms with Crippen molar-refractivity contribution in [2.24, 2.45) is 0 Å². The second kappa shape index (κ2) is 7.42. The molecule has 1 N–H and O–H groups in total. The van der Waals surface area contributed by atoms with Gasteiger partial charge in [-0.15, -0.1) is 5.10 Å². The molecule has 0 spiro atoms. The summed E-state index contributed by atoms with van der Waals surface area (Å²) in [5.74, 6) is 0.678. The van der Waals surface area contributed by atoms with Crippen LogP contribution in [-0.2, 0) is 11.3 Å². The summed E-state index contributed by atoms with van der Waals surface area (Å²) in [5, 5.41) is 10.4. The van der Waals surface area contributed by atoms with Gasteiger partial charge in [0.2, 0.25) is 5.91 Å². The largest absolute Gasteiger partial charge is 0.494 e. The molecule has 2 aromatic rings. The van der Waals surface area contributed by atoms with Crippen LogP contribution in [-0.4, -0.2) is 27.5 Å². The molecule has 1 aromatic carbocycles. The van der Waals surface area contributed by atoms with Gasteiger partial charge >= 0.3 is 0 Å². The van der Waals surface area contributed by atoms with Crippen molar-refractivity contribution >= 4 is 11.6 Å². The maximum absolute atomic E-state index is 11.9. The molecular weight excluding hydrogens is 268 g/mol. The Bertz CT molecular complexity index is 578. The molecule has 0 radical (unpaired) electrons. The molecule has 21 heavy (non-hydrogen) atoms. The van der Waals surface area contributed by atoms with E-state index in [4.69, 9.17) is 4.74 Å². The van der Waals surface area contributed by atoms with Gasteiger partial charge in [0.15, 0.2) is 0 Å². The molecule has 112 valence electrons. The van der Waals surface area contributed by atoms with E-state index >= 15 is 0 Å². The molecule has 0 saturated carbocycles. The second-order valence-corrected chi connectivity index (χ2v) is 4.81. The van der Waals surface area contributed by atoms with Crippen molar-refractivity contribution in [3.05, 3.63) is 36.2 Å². The van der Waals surface area contributed by atoms with Crippen LogP contribution in [0.3, 0.4) is 0 Å². The molecule has 0 saturated heterocycles. The molecule has 0 aliphatic carbocycles. The number of nitrogens with one attached hydrogen (secondary N) is 1. The monoisotopic (exact) mass is 288 g/mol. The van der Waals surface area contributed by atoms with Gasteiger partial charge in [-0.3, -0.25) is 4.79 Å². The molecule has 0 aliphatic heterocycles. The highest BCUT2D eigenvalue weighted by atomic mass is 16.5. The first-order chi connectivity index (χ1) is 10.2. The van der Waals surface area contributed by atoms with Crippen molar-refractivity contribution in [3.63, 3.8) is 0 Å². The number of aromatic nitrogens is 3. The van der Waals surface area contributed by atoms with Crippen LogP contribution in [0.4, 0.5) is 5.69 Å². The van der Waals surface area contributed by atoms with Crippen LogP contribution in [0.5, 0.6) is 5.75 Å². The normalized spacial score (nSPS) is 10.4. The number of hydrogen-bond acceptors (Lipinski definition) is 4. The van der Waals surface area contributed by atoms with Gasteiger partial charge in [-0.1, -0.05) is 18.6 Å². The van der Waals surface area contributed by atoms with Crippen molar-refractivity contribution < 1.29 is 9.53 Å². The summed E-state index contributed by atoms with van der Waals surface area (Å²) in [6, 6.07) is 7.36. The van der Waals surface area contributed by atoms with Gasteiger partial charge in [0, 0.05) is 5.69 Å². The number of benzene rings is 1. The predicted molar refractivity (Wildman–Crippen MR) is 80.2 cm³/mol. The molecular formula is C15H20N4O2. The maximum atomic E-state index is 11.9. The number of carbonyl (C=O) groups excluding carboxylic acids is 1. The highest BCUT2D eigenvalue weighted by Gasteiger charge is 2.06. The quantitative estimate of drug-likeness (QED) is 0.794. The molecule has 1 heterocycles. The summed E-state index contributed by atoms with van der Waals surface area (Å²) in [4.78, 5) is 11.9. The number of carbonyl (C=O) groups is 1. The fourth-order valence-corrected chi connectivity index (χ4v) is 1.77. The summed E-state index contributed by atoms with van der Waals surface area (Å²) in [6.07, 6.45) is 3.77. The number of hydrogen-bond donors (Lipinski definition) is 1. The van der Waals surface area contributed by atoms with Crippen molar-refractivity contribution in [2.45, 2.75) is 33.2 Å². The average molecular weight is 288 g/mol. The van der Waals surface area contributed by atoms with Crippen molar-refractivity contribution in [1.82, 2.24) is 15.0 Å². The van der Waals surface area contributed by atoms with E-state index in [0.717, 1.165) is 30.0 Å². The third-order valence-electron chi connectivity index (χ3n) is 3.01. The molecule has 6 nitrogen and oxygen atoms in total. The van der Waals surface area contributed by atoms with Gasteiger partial charge in [-0.25, -0.2) is 4.68 Å². The first-order valence-corrected chi connectivity index (χ1v) is 7.07. The standard InChI is InChI=1S/C15H20N4O2/c1-3-4-9-21-14-7-5-13(6-8-14)17-15(20)11-19-12(2)10-16-18-19/h5-8,10H,3-4,9,11H2,1-2H3,(H,17,20).